The molecule has 6 atom stereocenters. The minimum Gasteiger partial charge on any atom is -0.492 e. The molecule has 1 saturated carbocycles. The maximum absolute atomic E-state index is 14.3. The molecule has 6 unspecified atom stereocenters. The summed E-state index contributed by atoms with van der Waals surface area (Å²) < 4.78 is 20.5. The number of hydrogen-bond donors (Lipinski definition) is 2. The highest BCUT2D eigenvalue weighted by atomic mass is 16.7. The van der Waals surface area contributed by atoms with Crippen molar-refractivity contribution in [2.75, 3.05) is 53.1 Å². The summed E-state index contributed by atoms with van der Waals surface area (Å²) in [7, 11) is 1.74. The number of nitro groups is 1. The number of oxime groups is 1. The van der Waals surface area contributed by atoms with E-state index < -0.39 is 28.3 Å². The summed E-state index contributed by atoms with van der Waals surface area (Å²) in [6.07, 6.45) is 12.1. The number of carbonyl (C=O) groups excluding carboxylic acids is 1. The number of ether oxygens (including phenoxy) is 3. The summed E-state index contributed by atoms with van der Waals surface area (Å²) in [6.45, 7) is 13.8. The Balaban J connectivity index is 1.50. The van der Waals surface area contributed by atoms with Gasteiger partial charge in [0.15, 0.2) is 0 Å². The Bertz CT molecular complexity index is 1850. The maximum atomic E-state index is 14.3. The normalized spacial score (nSPS) is 25.7. The van der Waals surface area contributed by atoms with Crippen molar-refractivity contribution in [1.29, 1.82) is 0 Å². The average Bonchev–Trinajstić information content (AvgIpc) is 4.04. The molecule has 4 aliphatic rings. The van der Waals surface area contributed by atoms with Gasteiger partial charge in [0.05, 0.1) is 23.2 Å². The number of nitro benzene ring substituents is 1. The van der Waals surface area contributed by atoms with Gasteiger partial charge in [0.25, 0.3) is 5.69 Å². The zero-order valence-electron chi connectivity index (χ0n) is 34.4. The van der Waals surface area contributed by atoms with Gasteiger partial charge < -0.3 is 34.2 Å². The number of carbonyl (C=O) groups is 1. The second-order valence-corrected chi connectivity index (χ2v) is 16.8. The van der Waals surface area contributed by atoms with Crippen LogP contribution in [0.25, 0.3) is 6.08 Å². The van der Waals surface area contributed by atoms with E-state index >= 15 is 0 Å². The Morgan fingerprint density at radius 1 is 1.10 bits per heavy atom. The molecule has 2 fully saturated rings. The Morgan fingerprint density at radius 2 is 1.83 bits per heavy atom. The number of aliphatic hydroxyl groups excluding tert-OH is 2. The van der Waals surface area contributed by atoms with E-state index in [1.165, 1.54) is 18.2 Å². The molecule has 1 amide bonds. The van der Waals surface area contributed by atoms with Crippen LogP contribution in [0, 0.1) is 27.9 Å². The van der Waals surface area contributed by atoms with Gasteiger partial charge in [-0.05, 0) is 106 Å². The van der Waals surface area contributed by atoms with E-state index in [2.05, 4.69) is 23.6 Å². The number of benzene rings is 2. The number of aliphatic hydroxyl groups is 2. The molecule has 2 heterocycles. The van der Waals surface area contributed by atoms with E-state index in [0.717, 1.165) is 62.2 Å². The van der Waals surface area contributed by atoms with Crippen LogP contribution in [0.3, 0.4) is 0 Å². The van der Waals surface area contributed by atoms with E-state index in [1.54, 1.807) is 36.2 Å². The van der Waals surface area contributed by atoms with Crippen molar-refractivity contribution in [2.45, 2.75) is 89.1 Å². The van der Waals surface area contributed by atoms with Crippen LogP contribution in [0.4, 0.5) is 5.69 Å². The van der Waals surface area contributed by atoms with Gasteiger partial charge in [-0.15, -0.1) is 6.58 Å². The summed E-state index contributed by atoms with van der Waals surface area (Å²) in [4.78, 5) is 35.2. The second-order valence-electron chi connectivity index (χ2n) is 16.8. The summed E-state index contributed by atoms with van der Waals surface area (Å²) in [6, 6.07) is 11.3. The van der Waals surface area contributed by atoms with E-state index in [1.807, 2.05) is 32.9 Å². The lowest BCUT2D eigenvalue weighted by molar-refractivity contribution is -0.384. The molecular weight excluding hydrogens is 741 g/mol. The van der Waals surface area contributed by atoms with Crippen molar-refractivity contribution in [3.05, 3.63) is 94.1 Å². The summed E-state index contributed by atoms with van der Waals surface area (Å²) >= 11 is 0. The minimum absolute atomic E-state index is 0.0331. The summed E-state index contributed by atoms with van der Waals surface area (Å²) in [5, 5.41) is 35.8. The third kappa shape index (κ3) is 9.99. The number of nitrogens with zero attached hydrogens (tertiary/aromatic N) is 4. The molecule has 0 radical (unpaired) electrons. The van der Waals surface area contributed by atoms with Crippen LogP contribution >= 0.6 is 0 Å². The molecule has 58 heavy (non-hydrogen) atoms. The molecule has 13 nitrogen and oxygen atoms in total. The fourth-order valence-corrected chi connectivity index (χ4v) is 8.74. The number of fused-ring (bicyclic) bond motifs is 2. The molecule has 2 aromatic carbocycles. The van der Waals surface area contributed by atoms with Crippen molar-refractivity contribution in [1.82, 2.24) is 9.80 Å². The van der Waals surface area contributed by atoms with E-state index in [-0.39, 0.29) is 55.6 Å². The fraction of sp³-hybridized carbons (Fsp3) is 0.556. The third-order valence-electron chi connectivity index (χ3n) is 11.6. The Labute approximate surface area is 342 Å². The molecule has 1 saturated heterocycles. The highest BCUT2D eigenvalue weighted by Gasteiger charge is 2.65. The van der Waals surface area contributed by atoms with Crippen LogP contribution < -0.4 is 9.47 Å². The number of rotatable bonds is 20. The predicted octanol–water partition coefficient (Wildman–Crippen LogP) is 6.89. The quantitative estimate of drug-likeness (QED) is 0.0361. The smallest absolute Gasteiger partial charge is 0.269 e. The summed E-state index contributed by atoms with van der Waals surface area (Å²) in [5.74, 6) is -0.676. The number of unbranched alkanes of at least 4 members (excludes halogenated alkanes) is 2. The maximum Gasteiger partial charge on any atom is 0.269 e. The van der Waals surface area contributed by atoms with Crippen molar-refractivity contribution in [2.24, 2.45) is 22.9 Å². The first-order valence-electron chi connectivity index (χ1n) is 20.7. The second kappa shape index (κ2) is 19.0. The zero-order chi connectivity index (χ0) is 41.5. The van der Waals surface area contributed by atoms with Crippen molar-refractivity contribution in [3.63, 3.8) is 0 Å². The highest BCUT2D eigenvalue weighted by molar-refractivity contribution is 6.03. The molecule has 2 aliphatic heterocycles. The minimum atomic E-state index is -1.38. The standard InChI is InChI=1S/C45H60N4O9/c1-6-26-56-45-40(47(5)41(52)20-15-31-13-16-33(17-14-31)49(53)54)30-38(46-58-44(2,3)4)36-28-32(11-7-9-24-50)35(12-8-10-25-51)42(43(36)45)37-29-34(18-19-39(37)57-45)55-27-23-48-21-22-48/h6,13-20,28-29,32,35,40,42-43,50-51H,1,7-12,21-27,30H2,2-5H3. The van der Waals surface area contributed by atoms with Crippen LogP contribution in [0.5, 0.6) is 11.5 Å². The Kier molecular flexibility index (Phi) is 14.1. The van der Waals surface area contributed by atoms with E-state index in [0.29, 0.717) is 36.5 Å². The van der Waals surface area contributed by atoms with Gasteiger partial charge in [-0.25, -0.2) is 0 Å². The Hall–Kier alpha value is -4.56. The lowest BCUT2D eigenvalue weighted by atomic mass is 9.55. The molecule has 2 aromatic rings. The van der Waals surface area contributed by atoms with Crippen LogP contribution in [0.15, 0.2) is 78.0 Å². The number of hydrogen-bond acceptors (Lipinski definition) is 11. The Morgan fingerprint density at radius 3 is 2.48 bits per heavy atom. The van der Waals surface area contributed by atoms with Gasteiger partial charge in [-0.2, -0.15) is 0 Å². The van der Waals surface area contributed by atoms with Crippen LogP contribution in [-0.4, -0.2) is 107 Å². The van der Waals surface area contributed by atoms with E-state index in [4.69, 9.17) is 24.2 Å². The van der Waals surface area contributed by atoms with Crippen molar-refractivity contribution < 1.29 is 39.0 Å². The molecule has 2 N–H and O–H groups in total. The molecular formula is C45H60N4O9. The van der Waals surface area contributed by atoms with Gasteiger partial charge in [0, 0.05) is 76.0 Å². The summed E-state index contributed by atoms with van der Waals surface area (Å²) in [5.41, 5.74) is 2.69. The molecule has 0 spiro atoms. The zero-order valence-corrected chi connectivity index (χ0v) is 34.4. The van der Waals surface area contributed by atoms with Gasteiger partial charge in [-0.1, -0.05) is 30.1 Å². The third-order valence-corrected chi connectivity index (χ3v) is 11.6. The van der Waals surface area contributed by atoms with Crippen LogP contribution in [0.2, 0.25) is 0 Å². The van der Waals surface area contributed by atoms with Crippen molar-refractivity contribution in [3.8, 4) is 11.5 Å². The topological polar surface area (TPSA) is 156 Å². The molecule has 0 bridgehead atoms. The molecule has 0 aromatic heterocycles. The monoisotopic (exact) mass is 800 g/mol. The number of allylic oxidation sites excluding steroid dienone is 1. The number of amides is 1. The number of likely N-dealkylation sites (N-methyl/N-ethyl adjacent to an activating group) is 1. The largest absolute Gasteiger partial charge is 0.492 e. The van der Waals surface area contributed by atoms with Crippen LogP contribution in [0.1, 0.15) is 82.8 Å². The van der Waals surface area contributed by atoms with Gasteiger partial charge >= 0.3 is 0 Å². The molecule has 6 rings (SSSR count). The highest BCUT2D eigenvalue weighted by Crippen LogP contribution is 2.61. The first kappa shape index (κ1) is 43.0. The molecule has 314 valence electrons. The number of non-ortho nitro benzene ring substituents is 1. The SMILES string of the molecule is C=CCOC12Oc3ccc(OCCN4CC4)cc3C3C(CCCCO)C(CCCCO)C=C(C(=NOC(C)(C)C)CC1N(C)C(=O)C=Cc1ccc([N+](=O)[O-])cc1)C32. The van der Waals surface area contributed by atoms with Gasteiger partial charge in [-0.3, -0.25) is 19.8 Å². The predicted molar refractivity (Wildman–Crippen MR) is 223 cm³/mol. The first-order chi connectivity index (χ1) is 27.9. The van der Waals surface area contributed by atoms with Crippen molar-refractivity contribution >= 4 is 23.4 Å². The fourth-order valence-electron chi connectivity index (χ4n) is 8.74. The van der Waals surface area contributed by atoms with Gasteiger partial charge in [0.2, 0.25) is 11.7 Å². The molecule has 13 heteroatoms. The lowest BCUT2D eigenvalue weighted by Gasteiger charge is -2.59. The van der Waals surface area contributed by atoms with E-state index in [9.17, 15) is 25.1 Å². The molecule has 2 aliphatic carbocycles. The van der Waals surface area contributed by atoms with Gasteiger partial charge in [0.1, 0.15) is 29.7 Å². The van der Waals surface area contributed by atoms with Crippen LogP contribution in [-0.2, 0) is 14.4 Å². The average molecular weight is 801 g/mol. The first-order valence-corrected chi connectivity index (χ1v) is 20.7. The lowest BCUT2D eigenvalue weighted by Crippen LogP contribution is -2.69.